The van der Waals surface area contributed by atoms with Gasteiger partial charge < -0.3 is 50.2 Å². The van der Waals surface area contributed by atoms with E-state index >= 15 is 4.79 Å². The highest BCUT2D eigenvalue weighted by molar-refractivity contribution is 5.89. The van der Waals surface area contributed by atoms with Gasteiger partial charge in [-0.25, -0.2) is 4.79 Å². The molecular formula is C60H71NO12. The van der Waals surface area contributed by atoms with Crippen molar-refractivity contribution in [2.45, 2.75) is 157 Å². The zero-order valence-electron chi connectivity index (χ0n) is 42.1. The molecule has 0 amide bonds. The molecular weight excluding hydrogens is 927 g/mol. The number of phenols is 1. The van der Waals surface area contributed by atoms with E-state index in [-0.39, 0.29) is 92.6 Å². The summed E-state index contributed by atoms with van der Waals surface area (Å²) in [6, 6.07) is 15.0. The maximum atomic E-state index is 15.6. The molecule has 0 aromatic heterocycles. The number of nitrogens with one attached hydrogen (secondary N) is 1. The van der Waals surface area contributed by atoms with Crippen molar-refractivity contribution < 1.29 is 59.2 Å². The van der Waals surface area contributed by atoms with Crippen molar-refractivity contribution in [1.82, 2.24) is 0 Å². The monoisotopic (exact) mass is 997 g/mol. The average molecular weight is 998 g/mol. The van der Waals surface area contributed by atoms with Gasteiger partial charge in [0, 0.05) is 67.1 Å². The number of aliphatic hydroxyl groups is 5. The molecule has 3 aliphatic heterocycles. The van der Waals surface area contributed by atoms with Gasteiger partial charge in [-0.2, -0.15) is 0 Å². The first-order valence-electron chi connectivity index (χ1n) is 26.7. The van der Waals surface area contributed by atoms with Crippen LogP contribution in [-0.4, -0.2) is 98.1 Å². The molecule has 0 saturated heterocycles. The number of phenolic OH excluding ortho intramolecular Hbond substituents is 1. The van der Waals surface area contributed by atoms with Crippen LogP contribution in [0.5, 0.6) is 11.5 Å². The molecule has 10 rings (SSSR count). The van der Waals surface area contributed by atoms with Gasteiger partial charge in [0.25, 0.3) is 0 Å². The van der Waals surface area contributed by atoms with Gasteiger partial charge in [0.1, 0.15) is 40.7 Å². The first-order chi connectivity index (χ1) is 35.1. The Bertz CT molecular complexity index is 2730. The third-order valence-corrected chi connectivity index (χ3v) is 17.7. The highest BCUT2D eigenvalue weighted by atomic mass is 16.6. The molecule has 3 aromatic rings. The summed E-state index contributed by atoms with van der Waals surface area (Å²) < 4.78 is 18.2. The first-order valence-corrected chi connectivity index (χ1v) is 26.7. The smallest absolute Gasteiger partial charge is 0.334 e. The van der Waals surface area contributed by atoms with Gasteiger partial charge in [0.2, 0.25) is 0 Å². The second-order valence-corrected chi connectivity index (χ2v) is 22.5. The second-order valence-electron chi connectivity index (χ2n) is 22.5. The molecule has 0 radical (unpaired) electrons. The van der Waals surface area contributed by atoms with E-state index < -0.39 is 65.1 Å². The van der Waals surface area contributed by atoms with Crippen LogP contribution < -0.4 is 10.1 Å². The summed E-state index contributed by atoms with van der Waals surface area (Å²) in [4.78, 5) is 43.7. The number of aliphatic hydroxyl groups excluding tert-OH is 3. The van der Waals surface area contributed by atoms with Crippen LogP contribution in [0.15, 0.2) is 72.3 Å². The molecule has 4 aliphatic carbocycles. The molecule has 3 fully saturated rings. The normalized spacial score (nSPS) is 31.5. The molecule has 388 valence electrons. The molecule has 13 nitrogen and oxygen atoms in total. The van der Waals surface area contributed by atoms with Crippen LogP contribution in [0.25, 0.3) is 0 Å². The maximum Gasteiger partial charge on any atom is 0.334 e. The summed E-state index contributed by atoms with van der Waals surface area (Å²) in [6.07, 6.45) is 9.76. The molecule has 0 spiro atoms. The summed E-state index contributed by atoms with van der Waals surface area (Å²) in [7, 11) is 1.43. The van der Waals surface area contributed by atoms with Crippen LogP contribution in [0, 0.1) is 41.4 Å². The predicted molar refractivity (Wildman–Crippen MR) is 273 cm³/mol. The number of methoxy groups -OCH3 is 1. The molecule has 7 aliphatic rings. The summed E-state index contributed by atoms with van der Waals surface area (Å²) in [5.41, 5.74) is 1.81. The number of hydrogen-bond acceptors (Lipinski definition) is 13. The molecule has 12 unspecified atom stereocenters. The zero-order valence-corrected chi connectivity index (χ0v) is 42.1. The Kier molecular flexibility index (Phi) is 14.8. The van der Waals surface area contributed by atoms with Crippen LogP contribution in [-0.2, 0) is 49.7 Å². The quantitative estimate of drug-likeness (QED) is 0.0492. The number of allylic oxidation sites excluding steroid dienone is 2. The summed E-state index contributed by atoms with van der Waals surface area (Å²) in [5.74, 6) is 2.91. The lowest BCUT2D eigenvalue weighted by Gasteiger charge is -2.58. The van der Waals surface area contributed by atoms with Crippen molar-refractivity contribution in [1.29, 1.82) is 0 Å². The summed E-state index contributed by atoms with van der Waals surface area (Å²) in [6.45, 7) is 0.932. The van der Waals surface area contributed by atoms with E-state index in [1.54, 1.807) is 18.2 Å². The molecule has 13 heteroatoms. The van der Waals surface area contributed by atoms with E-state index in [0.29, 0.717) is 71.4 Å². The fourth-order valence-corrected chi connectivity index (χ4v) is 13.9. The van der Waals surface area contributed by atoms with Crippen molar-refractivity contribution >= 4 is 23.4 Å². The number of benzene rings is 3. The first kappa shape index (κ1) is 51.2. The van der Waals surface area contributed by atoms with Crippen LogP contribution in [0.4, 0.5) is 5.69 Å². The number of Topliss-reactive ketones (excluding diaryl/α,β-unsaturated/α-hetero) is 1. The number of esters is 2. The second kappa shape index (κ2) is 21.1. The Balaban J connectivity index is 1.18. The third kappa shape index (κ3) is 10.3. The highest BCUT2D eigenvalue weighted by Crippen LogP contribution is 2.58. The number of carbonyl (C=O) groups is 3. The van der Waals surface area contributed by atoms with Crippen molar-refractivity contribution in [3.8, 4) is 23.3 Å². The molecule has 10 bridgehead atoms. The maximum absolute atomic E-state index is 15.6. The number of aromatic hydroxyl groups is 1. The van der Waals surface area contributed by atoms with Gasteiger partial charge in [-0.1, -0.05) is 73.6 Å². The van der Waals surface area contributed by atoms with Gasteiger partial charge in [0.05, 0.1) is 31.7 Å². The number of ether oxygens (including phenoxy) is 3. The summed E-state index contributed by atoms with van der Waals surface area (Å²) in [5, 5.41) is 74.8. The predicted octanol–water partition coefficient (Wildman–Crippen LogP) is 7.16. The molecule has 3 heterocycles. The number of fused-ring (bicyclic) bond motifs is 9. The number of anilines is 1. The Labute approximate surface area is 428 Å². The van der Waals surface area contributed by atoms with E-state index in [9.17, 15) is 40.2 Å². The zero-order chi connectivity index (χ0) is 51.2. The van der Waals surface area contributed by atoms with Gasteiger partial charge in [-0.3, -0.25) is 9.59 Å². The fourth-order valence-electron chi connectivity index (χ4n) is 13.9. The van der Waals surface area contributed by atoms with E-state index in [2.05, 4.69) is 29.3 Å². The average Bonchev–Trinajstić information content (AvgIpc) is 3.38. The van der Waals surface area contributed by atoms with Gasteiger partial charge in [-0.05, 0) is 140 Å². The Morgan fingerprint density at radius 3 is 2.49 bits per heavy atom. The molecule has 73 heavy (non-hydrogen) atoms. The van der Waals surface area contributed by atoms with E-state index in [0.717, 1.165) is 43.2 Å². The Morgan fingerprint density at radius 2 is 1.71 bits per heavy atom. The minimum absolute atomic E-state index is 0.0421. The SMILES string of the molecule is COCC(O)C(C)(O)CNc1cc(CO)cc(C2C#CC3CC(=O)Oc4c3cc(c(O)c4C3CCCCC3)CC3OC(=O)C(=CC(O)Cc4cccc(c4)CC4C(=O)CCC5C4CC4C=CCCC4C35O)C2)c1. The minimum atomic E-state index is -1.66. The standard InChI is InChI=1S/C60H71NO12/c1-59(69,52(65)32-71-2)33-61-44-21-36(31-62)20-41(25-44)38-15-16-39-30-54(66)73-57-46(39)28-42(56(67)55(57)37-11-4-3-5-12-37)29-53-60(70)49-14-7-6-13-40(49)27-47-48(51(64)18-17-50(47)60)23-35-10-8-9-34(19-35)22-45(63)26-43(24-38)58(68)72-53/h6,8-10,13,19-21,25-26,28,37-40,45,47-50,52-53,61-63,65,67,69-70H,3-5,7,11-12,14,17-18,22-24,27,29-33H2,1-2H3. The topological polar surface area (TPSA) is 212 Å². The number of ketones is 1. The third-order valence-electron chi connectivity index (χ3n) is 17.7. The lowest BCUT2D eigenvalue weighted by atomic mass is 9.49. The lowest BCUT2D eigenvalue weighted by molar-refractivity contribution is -0.221. The van der Waals surface area contributed by atoms with Crippen LogP contribution >= 0.6 is 0 Å². The number of rotatable bonds is 9. The van der Waals surface area contributed by atoms with E-state index in [1.165, 1.54) is 20.1 Å². The highest BCUT2D eigenvalue weighted by Gasteiger charge is 2.62. The molecule has 3 aromatic carbocycles. The van der Waals surface area contributed by atoms with Crippen LogP contribution in [0.3, 0.4) is 0 Å². The number of carbonyl (C=O) groups excluding carboxylic acids is 3. The Hall–Kier alpha value is -5.33. The lowest BCUT2D eigenvalue weighted by Crippen LogP contribution is -2.65. The van der Waals surface area contributed by atoms with Crippen molar-refractivity contribution in [3.05, 3.63) is 111 Å². The molecule has 3 saturated carbocycles. The van der Waals surface area contributed by atoms with Gasteiger partial charge >= 0.3 is 11.9 Å². The largest absolute Gasteiger partial charge is 0.507 e. The van der Waals surface area contributed by atoms with Crippen molar-refractivity contribution in [2.75, 3.05) is 25.6 Å². The van der Waals surface area contributed by atoms with Crippen LogP contribution in [0.2, 0.25) is 0 Å². The Morgan fingerprint density at radius 1 is 0.932 bits per heavy atom. The van der Waals surface area contributed by atoms with E-state index in [4.69, 9.17) is 14.2 Å². The van der Waals surface area contributed by atoms with Crippen LogP contribution in [0.1, 0.15) is 141 Å². The molecule has 12 atom stereocenters. The number of hydrogen-bond donors (Lipinski definition) is 7. The minimum Gasteiger partial charge on any atom is -0.507 e. The molecule has 7 N–H and O–H groups in total. The summed E-state index contributed by atoms with van der Waals surface area (Å²) >= 11 is 0. The van der Waals surface area contributed by atoms with Gasteiger partial charge in [0.15, 0.2) is 0 Å². The van der Waals surface area contributed by atoms with Crippen molar-refractivity contribution in [2.24, 2.45) is 29.6 Å². The fraction of sp³-hybridized carbons (Fsp3) is 0.550. The van der Waals surface area contributed by atoms with E-state index in [1.807, 2.05) is 30.3 Å². The van der Waals surface area contributed by atoms with Gasteiger partial charge in [-0.15, -0.1) is 0 Å². The van der Waals surface area contributed by atoms with Crippen molar-refractivity contribution in [3.63, 3.8) is 0 Å².